The fourth-order valence-electron chi connectivity index (χ4n) is 1.14. The Bertz CT molecular complexity index is 460. The number of pyridine rings is 1. The van der Waals surface area contributed by atoms with Gasteiger partial charge in [0, 0.05) is 0 Å². The summed E-state index contributed by atoms with van der Waals surface area (Å²) < 4.78 is 62.2. The molecule has 0 aliphatic carbocycles. The van der Waals surface area contributed by atoms with Gasteiger partial charge in [0.2, 0.25) is 0 Å². The van der Waals surface area contributed by atoms with Crippen LogP contribution in [0.15, 0.2) is 6.07 Å². The van der Waals surface area contributed by atoms with Gasteiger partial charge in [0.15, 0.2) is 5.69 Å². The molecule has 0 aliphatic heterocycles. The minimum absolute atomic E-state index is 0.162. The topological polar surface area (TPSA) is 50.2 Å². The van der Waals surface area contributed by atoms with Gasteiger partial charge in [-0.2, -0.15) is 13.2 Å². The van der Waals surface area contributed by atoms with Crippen molar-refractivity contribution in [3.63, 3.8) is 0 Å². The Morgan fingerprint density at radius 1 is 1.41 bits per heavy atom. The Labute approximate surface area is 95.8 Å². The molecule has 0 aromatic carbocycles. The molecule has 1 heterocycles. The second-order valence-electron chi connectivity index (χ2n) is 2.86. The van der Waals surface area contributed by atoms with E-state index in [0.717, 1.165) is 0 Å². The summed E-state index contributed by atoms with van der Waals surface area (Å²) in [6.45, 7) is 0. The van der Waals surface area contributed by atoms with E-state index in [4.69, 9.17) is 16.7 Å². The van der Waals surface area contributed by atoms with Gasteiger partial charge in [-0.1, -0.05) is 11.6 Å². The zero-order valence-electron chi connectivity index (χ0n) is 7.73. The van der Waals surface area contributed by atoms with Gasteiger partial charge in [0.1, 0.15) is 5.15 Å². The fourth-order valence-corrected chi connectivity index (χ4v) is 1.34. The highest BCUT2D eigenvalue weighted by molar-refractivity contribution is 6.29. The first-order chi connectivity index (χ1) is 7.64. The maximum absolute atomic E-state index is 12.5. The van der Waals surface area contributed by atoms with Gasteiger partial charge >= 0.3 is 12.1 Å². The van der Waals surface area contributed by atoms with E-state index in [0.29, 0.717) is 0 Å². The predicted octanol–water partition coefficient (Wildman–Crippen LogP) is 3.39. The molecule has 0 radical (unpaired) electrons. The lowest BCUT2D eigenvalue weighted by Crippen LogP contribution is -2.16. The first-order valence-electron chi connectivity index (χ1n) is 3.93. The quantitative estimate of drug-likeness (QED) is 0.665. The Hall–Kier alpha value is -1.44. The molecule has 1 aromatic rings. The van der Waals surface area contributed by atoms with Crippen LogP contribution < -0.4 is 0 Å². The number of aromatic carboxylic acids is 1. The fraction of sp³-hybridized carbons (Fsp3) is 0.250. The third kappa shape index (κ3) is 2.82. The van der Waals surface area contributed by atoms with Crippen molar-refractivity contribution in [2.24, 2.45) is 0 Å². The molecule has 0 saturated carbocycles. The van der Waals surface area contributed by atoms with E-state index >= 15 is 0 Å². The zero-order valence-corrected chi connectivity index (χ0v) is 8.48. The van der Waals surface area contributed by atoms with Gasteiger partial charge in [-0.25, -0.2) is 18.6 Å². The van der Waals surface area contributed by atoms with Crippen molar-refractivity contribution in [3.8, 4) is 0 Å². The minimum Gasteiger partial charge on any atom is -0.476 e. The van der Waals surface area contributed by atoms with Crippen LogP contribution in [-0.4, -0.2) is 16.1 Å². The Morgan fingerprint density at radius 2 is 1.94 bits per heavy atom. The van der Waals surface area contributed by atoms with Crippen LogP contribution in [0.3, 0.4) is 0 Å². The third-order valence-corrected chi connectivity index (χ3v) is 1.95. The van der Waals surface area contributed by atoms with Crippen LogP contribution in [0.2, 0.25) is 5.15 Å². The molecule has 0 aliphatic rings. The second kappa shape index (κ2) is 4.44. The van der Waals surface area contributed by atoms with Crippen LogP contribution >= 0.6 is 11.6 Å². The maximum Gasteiger partial charge on any atom is 0.417 e. The van der Waals surface area contributed by atoms with Gasteiger partial charge < -0.3 is 5.11 Å². The molecule has 0 fully saturated rings. The van der Waals surface area contributed by atoms with E-state index < -0.39 is 40.5 Å². The number of hydrogen-bond acceptors (Lipinski definition) is 2. The number of carboxylic acids is 1. The molecule has 1 rings (SSSR count). The Balaban J connectivity index is 3.64. The van der Waals surface area contributed by atoms with Crippen molar-refractivity contribution < 1.29 is 31.9 Å². The summed E-state index contributed by atoms with van der Waals surface area (Å²) in [5.74, 6) is -2.01. The van der Waals surface area contributed by atoms with Crippen molar-refractivity contribution in [1.29, 1.82) is 0 Å². The van der Waals surface area contributed by atoms with Crippen LogP contribution in [0.25, 0.3) is 0 Å². The molecule has 0 unspecified atom stereocenters. The molecule has 1 N–H and O–H groups in total. The lowest BCUT2D eigenvalue weighted by molar-refractivity contribution is -0.139. The van der Waals surface area contributed by atoms with Crippen LogP contribution in [0.4, 0.5) is 22.0 Å². The van der Waals surface area contributed by atoms with Crippen molar-refractivity contribution in [3.05, 3.63) is 28.0 Å². The summed E-state index contributed by atoms with van der Waals surface area (Å²) in [7, 11) is 0. The number of alkyl halides is 5. The first kappa shape index (κ1) is 13.6. The van der Waals surface area contributed by atoms with Gasteiger partial charge in [0.05, 0.1) is 11.1 Å². The average Bonchev–Trinajstić information content (AvgIpc) is 2.14. The summed E-state index contributed by atoms with van der Waals surface area (Å²) in [5, 5.41) is 7.69. The van der Waals surface area contributed by atoms with Crippen LogP contribution in [0, 0.1) is 0 Å². The van der Waals surface area contributed by atoms with Crippen LogP contribution in [-0.2, 0) is 6.18 Å². The van der Waals surface area contributed by atoms with Gasteiger partial charge in [-0.05, 0) is 6.07 Å². The van der Waals surface area contributed by atoms with E-state index in [-0.39, 0.29) is 6.07 Å². The second-order valence-corrected chi connectivity index (χ2v) is 3.25. The van der Waals surface area contributed by atoms with E-state index in [9.17, 15) is 26.7 Å². The van der Waals surface area contributed by atoms with Crippen LogP contribution in [0.1, 0.15) is 28.0 Å². The smallest absolute Gasteiger partial charge is 0.417 e. The Kier molecular flexibility index (Phi) is 3.56. The van der Waals surface area contributed by atoms with Crippen molar-refractivity contribution in [1.82, 2.24) is 4.98 Å². The summed E-state index contributed by atoms with van der Waals surface area (Å²) in [4.78, 5) is 13.5. The molecule has 94 valence electrons. The largest absolute Gasteiger partial charge is 0.476 e. The Morgan fingerprint density at radius 3 is 2.29 bits per heavy atom. The number of nitrogens with zero attached hydrogens (tertiary/aromatic N) is 1. The highest BCUT2D eigenvalue weighted by Crippen LogP contribution is 2.38. The van der Waals surface area contributed by atoms with E-state index in [1.807, 2.05) is 0 Å². The maximum atomic E-state index is 12.5. The van der Waals surface area contributed by atoms with Gasteiger partial charge in [-0.3, -0.25) is 0 Å². The molecule has 1 aromatic heterocycles. The summed E-state index contributed by atoms with van der Waals surface area (Å²) >= 11 is 5.16. The molecule has 0 spiro atoms. The summed E-state index contributed by atoms with van der Waals surface area (Å²) in [5.41, 5.74) is -4.89. The molecule has 0 saturated heterocycles. The number of halogens is 6. The lowest BCUT2D eigenvalue weighted by Gasteiger charge is -2.14. The number of hydrogen-bond donors (Lipinski definition) is 1. The lowest BCUT2D eigenvalue weighted by atomic mass is 10.1. The normalized spacial score (nSPS) is 11.9. The molecule has 0 atom stereocenters. The highest BCUT2D eigenvalue weighted by atomic mass is 35.5. The monoisotopic (exact) mass is 275 g/mol. The molecule has 9 heteroatoms. The van der Waals surface area contributed by atoms with E-state index in [1.54, 1.807) is 0 Å². The average molecular weight is 276 g/mol. The third-order valence-electron chi connectivity index (χ3n) is 1.75. The van der Waals surface area contributed by atoms with Crippen LogP contribution in [0.5, 0.6) is 0 Å². The molecule has 0 bridgehead atoms. The van der Waals surface area contributed by atoms with Gasteiger partial charge in [-0.15, -0.1) is 0 Å². The highest BCUT2D eigenvalue weighted by Gasteiger charge is 2.39. The molecule has 3 nitrogen and oxygen atoms in total. The summed E-state index contributed by atoms with van der Waals surface area (Å²) in [6, 6.07) is 0.162. The molecular weight excluding hydrogens is 273 g/mol. The number of rotatable bonds is 2. The standard InChI is InChI=1S/C8H3ClF5NO2/c9-3-1-2(8(12,13)14)4(6(10)11)5(15-3)7(16)17/h1,6H,(H,16,17). The molecular formula is C8H3ClF5NO2. The van der Waals surface area contributed by atoms with Crippen molar-refractivity contribution in [2.45, 2.75) is 12.6 Å². The van der Waals surface area contributed by atoms with Crippen molar-refractivity contribution >= 4 is 17.6 Å². The molecule has 17 heavy (non-hydrogen) atoms. The number of carboxylic acid groups (broad SMARTS) is 1. The first-order valence-corrected chi connectivity index (χ1v) is 4.31. The zero-order chi connectivity index (χ0) is 13.4. The number of aromatic nitrogens is 1. The minimum atomic E-state index is -5.14. The predicted molar refractivity (Wildman–Crippen MR) is 46.2 cm³/mol. The van der Waals surface area contributed by atoms with Gasteiger partial charge in [0.25, 0.3) is 6.43 Å². The molecule has 0 amide bonds. The van der Waals surface area contributed by atoms with E-state index in [1.165, 1.54) is 0 Å². The summed E-state index contributed by atoms with van der Waals surface area (Å²) in [6.07, 6.45) is -8.76. The van der Waals surface area contributed by atoms with Crippen molar-refractivity contribution in [2.75, 3.05) is 0 Å². The number of carbonyl (C=O) groups is 1. The SMILES string of the molecule is O=C(O)c1nc(Cl)cc(C(F)(F)F)c1C(F)F. The van der Waals surface area contributed by atoms with E-state index in [2.05, 4.69) is 4.98 Å².